The van der Waals surface area contributed by atoms with Crippen LogP contribution in [0.1, 0.15) is 6.42 Å². The topological polar surface area (TPSA) is 67.3 Å². The van der Waals surface area contributed by atoms with Crippen LogP contribution in [0.5, 0.6) is 5.88 Å². The van der Waals surface area contributed by atoms with Crippen LogP contribution < -0.4 is 14.5 Å². The fourth-order valence-corrected chi connectivity index (χ4v) is 3.36. The van der Waals surface area contributed by atoms with Crippen molar-refractivity contribution in [3.8, 4) is 5.88 Å². The molecule has 22 heavy (non-hydrogen) atoms. The number of methoxy groups -OCH3 is 1. The van der Waals surface area contributed by atoms with Gasteiger partial charge in [-0.15, -0.1) is 0 Å². The molecule has 0 aliphatic carbocycles. The van der Waals surface area contributed by atoms with Crippen LogP contribution in [0.4, 0.5) is 11.8 Å². The Hall–Kier alpha value is -2.44. The van der Waals surface area contributed by atoms with E-state index >= 15 is 0 Å². The van der Waals surface area contributed by atoms with E-state index in [2.05, 4.69) is 29.7 Å². The third-order valence-corrected chi connectivity index (χ3v) is 4.49. The van der Waals surface area contributed by atoms with Crippen molar-refractivity contribution in [3.05, 3.63) is 30.9 Å². The van der Waals surface area contributed by atoms with Crippen LogP contribution in [0.25, 0.3) is 0 Å². The Labute approximate surface area is 129 Å². The van der Waals surface area contributed by atoms with Crippen molar-refractivity contribution >= 4 is 11.8 Å². The number of ether oxygens (including phenoxy) is 1. The van der Waals surface area contributed by atoms with Gasteiger partial charge in [-0.1, -0.05) is 0 Å². The molecule has 0 aromatic carbocycles. The third-order valence-electron chi connectivity index (χ3n) is 4.49. The minimum absolute atomic E-state index is 0.331. The minimum Gasteiger partial charge on any atom is -0.481 e. The second-order valence-corrected chi connectivity index (χ2v) is 5.99. The maximum absolute atomic E-state index is 5.16. The number of nitrogens with zero attached hydrogens (tertiary/aromatic N) is 6. The van der Waals surface area contributed by atoms with Gasteiger partial charge in [-0.3, -0.25) is 0 Å². The molecule has 4 rings (SSSR count). The van der Waals surface area contributed by atoms with Crippen LogP contribution in [-0.2, 0) is 0 Å². The number of hydrogen-bond donors (Lipinski definition) is 0. The van der Waals surface area contributed by atoms with Gasteiger partial charge in [0.25, 0.3) is 0 Å². The zero-order chi connectivity index (χ0) is 15.0. The summed E-state index contributed by atoms with van der Waals surface area (Å²) in [6.45, 7) is 4.05. The zero-order valence-electron chi connectivity index (χ0n) is 12.5. The van der Waals surface area contributed by atoms with Crippen molar-refractivity contribution in [2.24, 2.45) is 5.41 Å². The van der Waals surface area contributed by atoms with Crippen molar-refractivity contribution < 1.29 is 4.74 Å². The van der Waals surface area contributed by atoms with Crippen molar-refractivity contribution in [2.75, 3.05) is 43.1 Å². The molecule has 7 nitrogen and oxygen atoms in total. The Morgan fingerprint density at radius 1 is 1.05 bits per heavy atom. The third kappa shape index (κ3) is 2.22. The van der Waals surface area contributed by atoms with E-state index in [-0.39, 0.29) is 0 Å². The first kappa shape index (κ1) is 13.2. The fourth-order valence-electron chi connectivity index (χ4n) is 3.36. The van der Waals surface area contributed by atoms with Gasteiger partial charge < -0.3 is 14.5 Å². The highest BCUT2D eigenvalue weighted by atomic mass is 16.5. The Balaban J connectivity index is 1.42. The molecule has 7 heteroatoms. The van der Waals surface area contributed by atoms with E-state index in [4.69, 9.17) is 4.74 Å². The summed E-state index contributed by atoms with van der Waals surface area (Å²) in [6.07, 6.45) is 6.32. The number of rotatable bonds is 3. The van der Waals surface area contributed by atoms with Crippen LogP contribution in [0.2, 0.25) is 0 Å². The first-order valence-electron chi connectivity index (χ1n) is 7.41. The summed E-state index contributed by atoms with van der Waals surface area (Å²) in [7, 11) is 1.62. The molecular formula is C15H18N6O. The molecule has 4 heterocycles. The minimum atomic E-state index is 0.331. The molecule has 2 aromatic rings. The lowest BCUT2D eigenvalue weighted by Gasteiger charge is -2.48. The fraction of sp³-hybridized carbons (Fsp3) is 0.467. The Bertz CT molecular complexity index is 658. The summed E-state index contributed by atoms with van der Waals surface area (Å²) in [5, 5.41) is 0. The van der Waals surface area contributed by atoms with Gasteiger partial charge in [0.1, 0.15) is 12.1 Å². The summed E-state index contributed by atoms with van der Waals surface area (Å²) >= 11 is 0. The molecule has 0 bridgehead atoms. The maximum Gasteiger partial charge on any atom is 0.225 e. The van der Waals surface area contributed by atoms with Crippen molar-refractivity contribution in [1.29, 1.82) is 0 Å². The van der Waals surface area contributed by atoms with Crippen LogP contribution in [-0.4, -0.2) is 53.2 Å². The van der Waals surface area contributed by atoms with E-state index in [1.807, 2.05) is 12.1 Å². The van der Waals surface area contributed by atoms with Crippen molar-refractivity contribution in [2.45, 2.75) is 6.42 Å². The summed E-state index contributed by atoms with van der Waals surface area (Å²) in [5.41, 5.74) is 0.331. The maximum atomic E-state index is 5.16. The molecule has 0 radical (unpaired) electrons. The average Bonchev–Trinajstić information content (AvgIpc) is 3.00. The van der Waals surface area contributed by atoms with Gasteiger partial charge in [0.15, 0.2) is 0 Å². The molecule has 0 amide bonds. The molecule has 114 valence electrons. The lowest BCUT2D eigenvalue weighted by molar-refractivity contribution is 0.244. The highest BCUT2D eigenvalue weighted by Gasteiger charge is 2.48. The second kappa shape index (κ2) is 5.08. The largest absolute Gasteiger partial charge is 0.481 e. The number of anilines is 2. The molecule has 2 aromatic heterocycles. The quantitative estimate of drug-likeness (QED) is 0.837. The Morgan fingerprint density at radius 3 is 2.59 bits per heavy atom. The molecule has 2 fully saturated rings. The van der Waals surface area contributed by atoms with Gasteiger partial charge in [0.05, 0.1) is 7.11 Å². The van der Waals surface area contributed by atoms with E-state index in [1.54, 1.807) is 25.8 Å². The summed E-state index contributed by atoms with van der Waals surface area (Å²) in [4.78, 5) is 21.6. The van der Waals surface area contributed by atoms with Crippen molar-refractivity contribution in [1.82, 2.24) is 19.9 Å². The second-order valence-electron chi connectivity index (χ2n) is 5.99. The summed E-state index contributed by atoms with van der Waals surface area (Å²) < 4.78 is 5.16. The molecular weight excluding hydrogens is 280 g/mol. The molecule has 1 spiro atoms. The lowest BCUT2D eigenvalue weighted by Crippen LogP contribution is -2.58. The van der Waals surface area contributed by atoms with E-state index in [9.17, 15) is 0 Å². The highest BCUT2D eigenvalue weighted by molar-refractivity contribution is 5.47. The smallest absolute Gasteiger partial charge is 0.225 e. The summed E-state index contributed by atoms with van der Waals surface area (Å²) in [6, 6.07) is 3.74. The van der Waals surface area contributed by atoms with E-state index in [0.717, 1.165) is 37.9 Å². The Morgan fingerprint density at radius 2 is 1.82 bits per heavy atom. The van der Waals surface area contributed by atoms with Crippen molar-refractivity contribution in [3.63, 3.8) is 0 Å². The predicted octanol–water partition coefficient (Wildman–Crippen LogP) is 0.992. The van der Waals surface area contributed by atoms with Gasteiger partial charge in [-0.25, -0.2) is 19.9 Å². The molecule has 2 saturated heterocycles. The molecule has 0 unspecified atom stereocenters. The molecule has 0 N–H and O–H groups in total. The molecule has 2 aliphatic rings. The first-order chi connectivity index (χ1) is 10.8. The van der Waals surface area contributed by atoms with E-state index < -0.39 is 0 Å². The van der Waals surface area contributed by atoms with Crippen LogP contribution >= 0.6 is 0 Å². The molecule has 0 saturated carbocycles. The number of aromatic nitrogens is 4. The number of hydrogen-bond acceptors (Lipinski definition) is 7. The standard InChI is InChI=1S/C15H18N6O/c1-22-13-7-12(18-11-19-13)21-9-15(10-21)3-6-20(8-15)14-16-4-2-5-17-14/h2,4-5,7,11H,3,6,8-10H2,1H3. The monoisotopic (exact) mass is 298 g/mol. The van der Waals surface area contributed by atoms with Gasteiger partial charge in [0.2, 0.25) is 11.8 Å². The summed E-state index contributed by atoms with van der Waals surface area (Å²) in [5.74, 6) is 2.38. The normalized spacial score (nSPS) is 19.3. The molecule has 0 atom stereocenters. The van der Waals surface area contributed by atoms with Crippen LogP contribution in [0.15, 0.2) is 30.9 Å². The molecule has 2 aliphatic heterocycles. The van der Waals surface area contributed by atoms with Gasteiger partial charge in [-0.05, 0) is 12.5 Å². The average molecular weight is 298 g/mol. The SMILES string of the molecule is COc1cc(N2CC3(CCN(c4ncccn4)C3)C2)ncn1. The predicted molar refractivity (Wildman–Crippen MR) is 82.1 cm³/mol. The first-order valence-corrected chi connectivity index (χ1v) is 7.41. The van der Waals surface area contributed by atoms with Gasteiger partial charge >= 0.3 is 0 Å². The van der Waals surface area contributed by atoms with E-state index in [1.165, 1.54) is 6.42 Å². The van der Waals surface area contributed by atoms with Gasteiger partial charge in [0, 0.05) is 50.1 Å². The Kier molecular flexibility index (Phi) is 3.06. The zero-order valence-corrected chi connectivity index (χ0v) is 12.5. The lowest BCUT2D eigenvalue weighted by atomic mass is 9.79. The van der Waals surface area contributed by atoms with Crippen LogP contribution in [0.3, 0.4) is 0 Å². The van der Waals surface area contributed by atoms with E-state index in [0.29, 0.717) is 11.3 Å². The van der Waals surface area contributed by atoms with Gasteiger partial charge in [-0.2, -0.15) is 0 Å². The highest BCUT2D eigenvalue weighted by Crippen LogP contribution is 2.42. The van der Waals surface area contributed by atoms with Crippen LogP contribution in [0, 0.1) is 5.41 Å².